The van der Waals surface area contributed by atoms with Gasteiger partial charge in [-0.25, -0.2) is 0 Å². The summed E-state index contributed by atoms with van der Waals surface area (Å²) in [7, 11) is 1.75. The molecule has 1 aromatic carbocycles. The van der Waals surface area contributed by atoms with Crippen LogP contribution >= 0.6 is 0 Å². The summed E-state index contributed by atoms with van der Waals surface area (Å²) < 4.78 is 0. The molecule has 5 heteroatoms. The molecule has 1 aliphatic rings. The van der Waals surface area contributed by atoms with Gasteiger partial charge in [-0.15, -0.1) is 0 Å². The van der Waals surface area contributed by atoms with Crippen LogP contribution in [0.2, 0.25) is 0 Å². The molecule has 1 saturated heterocycles. The normalized spacial score (nSPS) is 15.9. The maximum absolute atomic E-state index is 12.3. The number of carbonyl (C=O) groups excluding carboxylic acids is 2. The van der Waals surface area contributed by atoms with E-state index in [9.17, 15) is 9.59 Å². The Balaban J connectivity index is 2.14. The van der Waals surface area contributed by atoms with E-state index in [-0.39, 0.29) is 18.4 Å². The second-order valence-corrected chi connectivity index (χ2v) is 4.58. The van der Waals surface area contributed by atoms with Crippen molar-refractivity contribution in [3.05, 3.63) is 35.4 Å². The first-order chi connectivity index (χ1) is 9.11. The molecule has 0 atom stereocenters. The Labute approximate surface area is 112 Å². The Kier molecular flexibility index (Phi) is 3.81. The number of hydrogen-bond donors (Lipinski definition) is 0. The van der Waals surface area contributed by atoms with Gasteiger partial charge in [0.2, 0.25) is 5.91 Å². The SMILES string of the molecule is CN1CCCN(C(=O)c2ccc(C#N)cc2)CC1=O. The van der Waals surface area contributed by atoms with Crippen LogP contribution in [0.1, 0.15) is 22.3 Å². The largest absolute Gasteiger partial charge is 0.344 e. The first-order valence-electron chi connectivity index (χ1n) is 6.15. The van der Waals surface area contributed by atoms with Gasteiger partial charge in [-0.3, -0.25) is 9.59 Å². The van der Waals surface area contributed by atoms with Gasteiger partial charge in [-0.1, -0.05) is 0 Å². The number of nitrogens with zero attached hydrogens (tertiary/aromatic N) is 3. The van der Waals surface area contributed by atoms with Gasteiger partial charge in [-0.2, -0.15) is 5.26 Å². The number of rotatable bonds is 1. The molecule has 1 fully saturated rings. The van der Waals surface area contributed by atoms with Crippen LogP contribution in [0.15, 0.2) is 24.3 Å². The zero-order chi connectivity index (χ0) is 13.8. The highest BCUT2D eigenvalue weighted by Crippen LogP contribution is 2.10. The first-order valence-corrected chi connectivity index (χ1v) is 6.15. The molecule has 0 aromatic heterocycles. The number of benzene rings is 1. The third-order valence-electron chi connectivity index (χ3n) is 3.22. The Morgan fingerprint density at radius 1 is 1.26 bits per heavy atom. The molecule has 1 aliphatic heterocycles. The lowest BCUT2D eigenvalue weighted by Crippen LogP contribution is -2.38. The number of nitriles is 1. The van der Waals surface area contributed by atoms with E-state index in [1.807, 2.05) is 6.07 Å². The topological polar surface area (TPSA) is 64.4 Å². The Hall–Kier alpha value is -2.35. The molecule has 0 bridgehead atoms. The van der Waals surface area contributed by atoms with Crippen LogP contribution in [0.3, 0.4) is 0 Å². The van der Waals surface area contributed by atoms with E-state index in [2.05, 4.69) is 0 Å². The van der Waals surface area contributed by atoms with Gasteiger partial charge in [0, 0.05) is 25.7 Å². The summed E-state index contributed by atoms with van der Waals surface area (Å²) >= 11 is 0. The van der Waals surface area contributed by atoms with Crippen molar-refractivity contribution < 1.29 is 9.59 Å². The fraction of sp³-hybridized carbons (Fsp3) is 0.357. The number of likely N-dealkylation sites (N-methyl/N-ethyl adjacent to an activating group) is 1. The van der Waals surface area contributed by atoms with Crippen molar-refractivity contribution in [2.24, 2.45) is 0 Å². The molecule has 98 valence electrons. The summed E-state index contributed by atoms with van der Waals surface area (Å²) in [6, 6.07) is 8.48. The van der Waals surface area contributed by atoms with Gasteiger partial charge in [0.1, 0.15) is 6.54 Å². The molecular weight excluding hydrogens is 242 g/mol. The minimum Gasteiger partial charge on any atom is -0.344 e. The molecule has 0 radical (unpaired) electrons. The van der Waals surface area contributed by atoms with E-state index < -0.39 is 0 Å². The van der Waals surface area contributed by atoms with E-state index in [4.69, 9.17) is 5.26 Å². The molecule has 2 amide bonds. The second-order valence-electron chi connectivity index (χ2n) is 4.58. The van der Waals surface area contributed by atoms with E-state index in [0.717, 1.165) is 6.42 Å². The fourth-order valence-corrected chi connectivity index (χ4v) is 2.03. The van der Waals surface area contributed by atoms with Crippen molar-refractivity contribution in [2.45, 2.75) is 6.42 Å². The molecule has 0 spiro atoms. The second kappa shape index (κ2) is 5.53. The van der Waals surface area contributed by atoms with Crippen LogP contribution in [-0.2, 0) is 4.79 Å². The van der Waals surface area contributed by atoms with Crippen molar-refractivity contribution in [2.75, 3.05) is 26.7 Å². The average molecular weight is 257 g/mol. The van der Waals surface area contributed by atoms with Crippen LogP contribution in [0.25, 0.3) is 0 Å². The molecule has 1 aromatic rings. The molecule has 1 heterocycles. The van der Waals surface area contributed by atoms with Gasteiger partial charge in [0.15, 0.2) is 0 Å². The maximum atomic E-state index is 12.3. The lowest BCUT2D eigenvalue weighted by atomic mass is 10.1. The zero-order valence-electron chi connectivity index (χ0n) is 10.8. The molecule has 0 unspecified atom stereocenters. The summed E-state index contributed by atoms with van der Waals surface area (Å²) in [5.41, 5.74) is 1.03. The standard InChI is InChI=1S/C14H15N3O2/c1-16-7-2-8-17(10-13(16)18)14(19)12-5-3-11(9-15)4-6-12/h3-6H,2,7-8,10H2,1H3. The van der Waals surface area contributed by atoms with E-state index >= 15 is 0 Å². The summed E-state index contributed by atoms with van der Waals surface area (Å²) in [5.74, 6) is -0.201. The van der Waals surface area contributed by atoms with Gasteiger partial charge in [0.25, 0.3) is 5.91 Å². The van der Waals surface area contributed by atoms with Crippen molar-refractivity contribution in [1.82, 2.24) is 9.80 Å². The van der Waals surface area contributed by atoms with Crippen molar-refractivity contribution in [1.29, 1.82) is 5.26 Å². The van der Waals surface area contributed by atoms with Crippen molar-refractivity contribution in [3.63, 3.8) is 0 Å². The zero-order valence-corrected chi connectivity index (χ0v) is 10.8. The van der Waals surface area contributed by atoms with E-state index in [0.29, 0.717) is 24.2 Å². The lowest BCUT2D eigenvalue weighted by molar-refractivity contribution is -0.129. The monoisotopic (exact) mass is 257 g/mol. The summed E-state index contributed by atoms with van der Waals surface area (Å²) in [6.07, 6.45) is 0.782. The van der Waals surface area contributed by atoms with E-state index in [1.165, 1.54) is 0 Å². The lowest BCUT2D eigenvalue weighted by Gasteiger charge is -2.19. The van der Waals surface area contributed by atoms with Gasteiger partial charge >= 0.3 is 0 Å². The summed E-state index contributed by atoms with van der Waals surface area (Å²) in [4.78, 5) is 27.2. The first kappa shape index (κ1) is 13.1. The van der Waals surface area contributed by atoms with E-state index in [1.54, 1.807) is 41.1 Å². The Morgan fingerprint density at radius 2 is 1.95 bits per heavy atom. The average Bonchev–Trinajstić information content (AvgIpc) is 2.60. The number of amides is 2. The predicted octanol–water partition coefficient (Wildman–Crippen LogP) is 0.863. The molecule has 0 N–H and O–H groups in total. The quantitative estimate of drug-likeness (QED) is 0.749. The van der Waals surface area contributed by atoms with Gasteiger partial charge in [-0.05, 0) is 30.7 Å². The maximum Gasteiger partial charge on any atom is 0.254 e. The predicted molar refractivity (Wildman–Crippen MR) is 69.3 cm³/mol. The summed E-state index contributed by atoms with van der Waals surface area (Å²) in [5, 5.41) is 8.72. The highest BCUT2D eigenvalue weighted by atomic mass is 16.2. The molecule has 19 heavy (non-hydrogen) atoms. The Bertz CT molecular complexity index is 531. The minimum absolute atomic E-state index is 0.0421. The van der Waals surface area contributed by atoms with Crippen LogP contribution in [0.4, 0.5) is 0 Å². The van der Waals surface area contributed by atoms with Crippen LogP contribution in [-0.4, -0.2) is 48.3 Å². The molecule has 2 rings (SSSR count). The molecular formula is C14H15N3O2. The fourth-order valence-electron chi connectivity index (χ4n) is 2.03. The van der Waals surface area contributed by atoms with Crippen LogP contribution in [0, 0.1) is 11.3 Å². The molecule has 5 nitrogen and oxygen atoms in total. The van der Waals surface area contributed by atoms with Crippen LogP contribution < -0.4 is 0 Å². The highest BCUT2D eigenvalue weighted by Gasteiger charge is 2.23. The van der Waals surface area contributed by atoms with Gasteiger partial charge in [0.05, 0.1) is 11.6 Å². The summed E-state index contributed by atoms with van der Waals surface area (Å²) in [6.45, 7) is 1.38. The third-order valence-corrected chi connectivity index (χ3v) is 3.22. The van der Waals surface area contributed by atoms with Crippen molar-refractivity contribution >= 4 is 11.8 Å². The van der Waals surface area contributed by atoms with Crippen molar-refractivity contribution in [3.8, 4) is 6.07 Å². The van der Waals surface area contributed by atoms with Crippen LogP contribution in [0.5, 0.6) is 0 Å². The number of hydrogen-bond acceptors (Lipinski definition) is 3. The smallest absolute Gasteiger partial charge is 0.254 e. The Morgan fingerprint density at radius 3 is 2.58 bits per heavy atom. The molecule has 0 aliphatic carbocycles. The minimum atomic E-state index is -0.159. The highest BCUT2D eigenvalue weighted by molar-refractivity contribution is 5.96. The number of carbonyl (C=O) groups is 2. The molecule has 0 saturated carbocycles. The van der Waals surface area contributed by atoms with Gasteiger partial charge < -0.3 is 9.80 Å². The third kappa shape index (κ3) is 2.91.